The van der Waals surface area contributed by atoms with Gasteiger partial charge in [0.15, 0.2) is 0 Å². The van der Waals surface area contributed by atoms with Crippen LogP contribution in [0.5, 0.6) is 0 Å². The predicted molar refractivity (Wildman–Crippen MR) is 77.9 cm³/mol. The molecule has 0 aromatic carbocycles. The van der Waals surface area contributed by atoms with Crippen molar-refractivity contribution < 1.29 is 14.0 Å². The molecule has 106 valence electrons. The van der Waals surface area contributed by atoms with Crippen molar-refractivity contribution in [1.29, 1.82) is 0 Å². The Morgan fingerprint density at radius 1 is 1.11 bits per heavy atom. The number of unbranched alkanes of at least 4 members (excludes halogenated alkanes) is 2. The highest BCUT2D eigenvalue weighted by Crippen LogP contribution is 2.17. The number of hydrogen-bond acceptors (Lipinski definition) is 3. The van der Waals surface area contributed by atoms with Gasteiger partial charge in [-0.15, -0.1) is 0 Å². The van der Waals surface area contributed by atoms with E-state index in [4.69, 9.17) is 9.16 Å². The van der Waals surface area contributed by atoms with Crippen LogP contribution in [0.3, 0.4) is 0 Å². The van der Waals surface area contributed by atoms with E-state index in [1.807, 2.05) is 13.8 Å². The molecule has 18 heavy (non-hydrogen) atoms. The van der Waals surface area contributed by atoms with Crippen molar-refractivity contribution in [3.05, 3.63) is 11.8 Å². The Balaban J connectivity index is 3.67. The van der Waals surface area contributed by atoms with E-state index < -0.39 is 8.32 Å². The average Bonchev–Trinajstić information content (AvgIpc) is 2.25. The Kier molecular flexibility index (Phi) is 8.80. The summed E-state index contributed by atoms with van der Waals surface area (Å²) < 4.78 is 10.8. The number of allylic oxidation sites excluding steroid dienone is 2. The Hall–Kier alpha value is -0.773. The molecule has 0 aliphatic carbocycles. The lowest BCUT2D eigenvalue weighted by Crippen LogP contribution is -2.24. The molecule has 0 saturated carbocycles. The third-order valence-corrected chi connectivity index (χ3v) is 3.24. The van der Waals surface area contributed by atoms with Crippen LogP contribution in [-0.2, 0) is 14.0 Å². The molecule has 0 aliphatic rings. The van der Waals surface area contributed by atoms with Crippen LogP contribution >= 0.6 is 0 Å². The minimum Gasteiger partial charge on any atom is -0.548 e. The predicted octanol–water partition coefficient (Wildman–Crippen LogP) is 4.26. The van der Waals surface area contributed by atoms with Crippen LogP contribution in [0.2, 0.25) is 19.6 Å². The Morgan fingerprint density at radius 3 is 2.22 bits per heavy atom. The third-order valence-electron chi connectivity index (χ3n) is 2.37. The number of rotatable bonds is 9. The lowest BCUT2D eigenvalue weighted by molar-refractivity contribution is -0.143. The molecule has 0 atom stereocenters. The van der Waals surface area contributed by atoms with E-state index in [-0.39, 0.29) is 5.97 Å². The summed E-state index contributed by atoms with van der Waals surface area (Å²) >= 11 is 0. The lowest BCUT2D eigenvalue weighted by atomic mass is 10.1. The van der Waals surface area contributed by atoms with Gasteiger partial charge >= 0.3 is 5.97 Å². The summed E-state index contributed by atoms with van der Waals surface area (Å²) in [6.07, 6.45) is 6.60. The summed E-state index contributed by atoms with van der Waals surface area (Å²) in [5.74, 6) is 1.02. The van der Waals surface area contributed by atoms with Crippen LogP contribution in [0, 0.1) is 0 Å². The van der Waals surface area contributed by atoms with Crippen LogP contribution < -0.4 is 0 Å². The van der Waals surface area contributed by atoms with Gasteiger partial charge in [-0.05, 0) is 46.3 Å². The molecule has 3 nitrogen and oxygen atoms in total. The fraction of sp³-hybridized carbons (Fsp3) is 0.786. The summed E-state index contributed by atoms with van der Waals surface area (Å²) in [4.78, 5) is 11.1. The molecular weight excluding hydrogens is 244 g/mol. The van der Waals surface area contributed by atoms with E-state index >= 15 is 0 Å². The molecule has 0 N–H and O–H groups in total. The van der Waals surface area contributed by atoms with Crippen molar-refractivity contribution in [2.24, 2.45) is 0 Å². The molecule has 0 spiro atoms. The van der Waals surface area contributed by atoms with E-state index in [9.17, 15) is 4.79 Å². The molecule has 0 unspecified atom stereocenters. The molecule has 0 fully saturated rings. The Bertz CT molecular complexity index is 267. The van der Waals surface area contributed by atoms with Crippen molar-refractivity contribution in [2.45, 2.75) is 65.6 Å². The van der Waals surface area contributed by atoms with Crippen molar-refractivity contribution in [3.63, 3.8) is 0 Å². The lowest BCUT2D eigenvalue weighted by Gasteiger charge is -2.21. The van der Waals surface area contributed by atoms with Crippen LogP contribution in [0.4, 0.5) is 0 Å². The zero-order chi connectivity index (χ0) is 14.0. The van der Waals surface area contributed by atoms with E-state index in [2.05, 4.69) is 25.7 Å². The summed E-state index contributed by atoms with van der Waals surface area (Å²) in [5.41, 5.74) is 0. The summed E-state index contributed by atoms with van der Waals surface area (Å²) in [6.45, 7) is 10.9. The van der Waals surface area contributed by atoms with Gasteiger partial charge in [-0.1, -0.05) is 12.5 Å². The first-order chi connectivity index (χ1) is 8.39. The number of esters is 1. The quantitative estimate of drug-likeness (QED) is 0.272. The van der Waals surface area contributed by atoms with Gasteiger partial charge in [0.1, 0.15) is 0 Å². The van der Waals surface area contributed by atoms with Gasteiger partial charge in [-0.3, -0.25) is 4.79 Å². The second-order valence-electron chi connectivity index (χ2n) is 5.34. The van der Waals surface area contributed by atoms with Crippen LogP contribution in [-0.4, -0.2) is 20.9 Å². The van der Waals surface area contributed by atoms with Crippen molar-refractivity contribution in [1.82, 2.24) is 0 Å². The molecule has 4 heteroatoms. The second kappa shape index (κ2) is 9.20. The number of carbonyl (C=O) groups is 1. The first-order valence-corrected chi connectivity index (χ1v) is 10.3. The molecule has 0 bridgehead atoms. The maximum Gasteiger partial charge on any atom is 0.305 e. The zero-order valence-corrected chi connectivity index (χ0v) is 13.5. The van der Waals surface area contributed by atoms with E-state index in [0.717, 1.165) is 31.4 Å². The van der Waals surface area contributed by atoms with Crippen LogP contribution in [0.1, 0.15) is 46.0 Å². The Labute approximate surface area is 113 Å². The minimum atomic E-state index is -1.48. The maximum absolute atomic E-state index is 11.1. The first kappa shape index (κ1) is 17.2. The van der Waals surface area contributed by atoms with Gasteiger partial charge in [0, 0.05) is 12.8 Å². The van der Waals surface area contributed by atoms with Crippen LogP contribution in [0.25, 0.3) is 0 Å². The van der Waals surface area contributed by atoms with Crippen LogP contribution in [0.15, 0.2) is 11.8 Å². The number of carbonyl (C=O) groups excluding carboxylic acids is 1. The SMILES string of the molecule is C/C=C(/CCCCCC(=O)OCC)O[Si](C)(C)C. The molecular formula is C14H28O3Si. The summed E-state index contributed by atoms with van der Waals surface area (Å²) in [6, 6.07) is 0. The van der Waals surface area contributed by atoms with Crippen molar-refractivity contribution in [2.75, 3.05) is 6.61 Å². The molecule has 0 aromatic rings. The first-order valence-electron chi connectivity index (χ1n) is 6.89. The molecule has 0 rings (SSSR count). The fourth-order valence-corrected chi connectivity index (χ4v) is 2.63. The zero-order valence-electron chi connectivity index (χ0n) is 12.5. The Morgan fingerprint density at radius 2 is 1.72 bits per heavy atom. The standard InChI is InChI=1S/C14H28O3Si/c1-6-13(17-18(3,4)5)11-9-8-10-12-14(15)16-7-2/h6H,7-12H2,1-5H3/b13-6-. The van der Waals surface area contributed by atoms with Gasteiger partial charge in [-0.2, -0.15) is 0 Å². The van der Waals surface area contributed by atoms with Gasteiger partial charge in [0.05, 0.1) is 12.4 Å². The smallest absolute Gasteiger partial charge is 0.305 e. The number of ether oxygens (including phenoxy) is 1. The molecule has 0 heterocycles. The monoisotopic (exact) mass is 272 g/mol. The fourth-order valence-electron chi connectivity index (χ4n) is 1.63. The average molecular weight is 272 g/mol. The van der Waals surface area contributed by atoms with E-state index in [0.29, 0.717) is 13.0 Å². The van der Waals surface area contributed by atoms with E-state index in [1.165, 1.54) is 0 Å². The molecule has 0 radical (unpaired) electrons. The van der Waals surface area contributed by atoms with Gasteiger partial charge < -0.3 is 9.16 Å². The molecule has 0 amide bonds. The van der Waals surface area contributed by atoms with Gasteiger partial charge in [-0.25, -0.2) is 0 Å². The molecule has 0 aliphatic heterocycles. The van der Waals surface area contributed by atoms with E-state index in [1.54, 1.807) is 0 Å². The normalized spacial score (nSPS) is 12.4. The van der Waals surface area contributed by atoms with Gasteiger partial charge in [0.2, 0.25) is 8.32 Å². The highest BCUT2D eigenvalue weighted by atomic mass is 28.4. The molecule has 0 aromatic heterocycles. The topological polar surface area (TPSA) is 35.5 Å². The summed E-state index contributed by atoms with van der Waals surface area (Å²) in [7, 11) is -1.48. The number of hydrogen-bond donors (Lipinski definition) is 0. The van der Waals surface area contributed by atoms with Crippen molar-refractivity contribution in [3.8, 4) is 0 Å². The maximum atomic E-state index is 11.1. The second-order valence-corrected chi connectivity index (χ2v) is 9.76. The highest BCUT2D eigenvalue weighted by molar-refractivity contribution is 6.70. The van der Waals surface area contributed by atoms with Crippen molar-refractivity contribution >= 4 is 14.3 Å². The minimum absolute atomic E-state index is 0.0814. The molecule has 0 saturated heterocycles. The van der Waals surface area contributed by atoms with Gasteiger partial charge in [0.25, 0.3) is 0 Å². The highest BCUT2D eigenvalue weighted by Gasteiger charge is 2.16. The largest absolute Gasteiger partial charge is 0.548 e. The summed E-state index contributed by atoms with van der Waals surface area (Å²) in [5, 5.41) is 0. The third kappa shape index (κ3) is 10.4.